The first kappa shape index (κ1) is 9.87. The number of ketones is 1. The average Bonchev–Trinajstić information content (AvgIpc) is 2.19. The zero-order chi connectivity index (χ0) is 9.97. The number of hydrogen-bond donors (Lipinski definition) is 0. The van der Waals surface area contributed by atoms with Crippen LogP contribution in [0.25, 0.3) is 0 Å². The Labute approximate surface area is 84.1 Å². The fourth-order valence-electron chi connectivity index (χ4n) is 2.11. The Morgan fingerprint density at radius 2 is 2.36 bits per heavy atom. The minimum atomic E-state index is -0.268. The number of ether oxygens (including phenoxy) is 2. The highest BCUT2D eigenvalue weighted by molar-refractivity contribution is 5.84. The number of rotatable bonds is 2. The van der Waals surface area contributed by atoms with E-state index in [2.05, 4.69) is 6.58 Å². The van der Waals surface area contributed by atoms with Gasteiger partial charge in [0.15, 0.2) is 5.78 Å². The second kappa shape index (κ2) is 4.24. The molecule has 0 radical (unpaired) electrons. The summed E-state index contributed by atoms with van der Waals surface area (Å²) in [6.07, 6.45) is 4.82. The van der Waals surface area contributed by atoms with Crippen molar-refractivity contribution in [2.45, 2.75) is 44.0 Å². The van der Waals surface area contributed by atoms with Gasteiger partial charge in [-0.1, -0.05) is 6.08 Å². The van der Waals surface area contributed by atoms with E-state index in [9.17, 15) is 4.79 Å². The van der Waals surface area contributed by atoms with Crippen molar-refractivity contribution in [3.63, 3.8) is 0 Å². The third-order valence-corrected chi connectivity index (χ3v) is 2.86. The van der Waals surface area contributed by atoms with E-state index < -0.39 is 0 Å². The van der Waals surface area contributed by atoms with Gasteiger partial charge in [-0.2, -0.15) is 0 Å². The lowest BCUT2D eigenvalue weighted by atomic mass is 9.94. The molecule has 3 heteroatoms. The van der Waals surface area contributed by atoms with E-state index in [1.54, 1.807) is 6.08 Å². The summed E-state index contributed by atoms with van der Waals surface area (Å²) in [6, 6.07) is 0. The molecular formula is C11H16O3. The Kier molecular flexibility index (Phi) is 2.99. The van der Waals surface area contributed by atoms with Crippen molar-refractivity contribution >= 4 is 5.78 Å². The molecular weight excluding hydrogens is 180 g/mol. The molecule has 0 saturated carbocycles. The lowest BCUT2D eigenvalue weighted by molar-refractivity contribution is -0.175. The molecule has 3 atom stereocenters. The summed E-state index contributed by atoms with van der Waals surface area (Å²) in [4.78, 5) is 11.6. The Bertz CT molecular complexity index is 237. The molecule has 0 unspecified atom stereocenters. The van der Waals surface area contributed by atoms with Crippen LogP contribution in [-0.2, 0) is 14.3 Å². The van der Waals surface area contributed by atoms with Crippen molar-refractivity contribution in [3.05, 3.63) is 12.7 Å². The van der Waals surface area contributed by atoms with E-state index >= 15 is 0 Å². The van der Waals surface area contributed by atoms with Crippen LogP contribution in [0, 0.1) is 0 Å². The Balaban J connectivity index is 1.99. The number of hydrogen-bond acceptors (Lipinski definition) is 3. The molecule has 2 fully saturated rings. The molecule has 3 nitrogen and oxygen atoms in total. The number of carbonyl (C=O) groups excluding carboxylic acids is 1. The van der Waals surface area contributed by atoms with Crippen LogP contribution in [0.3, 0.4) is 0 Å². The molecule has 78 valence electrons. The topological polar surface area (TPSA) is 35.5 Å². The molecule has 0 spiro atoms. The van der Waals surface area contributed by atoms with E-state index in [1.807, 2.05) is 0 Å². The highest BCUT2D eigenvalue weighted by Crippen LogP contribution is 2.27. The molecule has 2 aliphatic rings. The molecule has 0 N–H and O–H groups in total. The maximum Gasteiger partial charge on any atom is 0.164 e. The van der Waals surface area contributed by atoms with Crippen LogP contribution in [0.5, 0.6) is 0 Å². The number of fused-ring (bicyclic) bond motifs is 1. The van der Waals surface area contributed by atoms with Gasteiger partial charge in [-0.15, -0.1) is 6.58 Å². The van der Waals surface area contributed by atoms with Crippen molar-refractivity contribution < 1.29 is 14.3 Å². The highest BCUT2D eigenvalue weighted by Gasteiger charge is 2.38. The molecule has 2 heterocycles. The summed E-state index contributed by atoms with van der Waals surface area (Å²) < 4.78 is 11.2. The van der Waals surface area contributed by atoms with E-state index in [0.717, 1.165) is 19.4 Å². The minimum Gasteiger partial charge on any atom is -0.375 e. The lowest BCUT2D eigenvalue weighted by Gasteiger charge is -2.38. The van der Waals surface area contributed by atoms with Crippen LogP contribution in [-0.4, -0.2) is 30.7 Å². The summed E-state index contributed by atoms with van der Waals surface area (Å²) in [6.45, 7) is 4.40. The SMILES string of the molecule is C=CC[C@H]1O[C@H]2CCCO[C@@H]2CC1=O. The van der Waals surface area contributed by atoms with Gasteiger partial charge in [0.25, 0.3) is 0 Å². The molecule has 2 aliphatic heterocycles. The van der Waals surface area contributed by atoms with E-state index in [4.69, 9.17) is 9.47 Å². The fourth-order valence-corrected chi connectivity index (χ4v) is 2.11. The van der Waals surface area contributed by atoms with Gasteiger partial charge in [-0.05, 0) is 19.3 Å². The molecule has 2 rings (SSSR count). The predicted molar refractivity (Wildman–Crippen MR) is 52.1 cm³/mol. The normalized spacial score (nSPS) is 37.7. The van der Waals surface area contributed by atoms with Crippen molar-refractivity contribution in [2.24, 2.45) is 0 Å². The predicted octanol–water partition coefficient (Wildman–Crippen LogP) is 1.47. The van der Waals surface area contributed by atoms with Gasteiger partial charge in [0.2, 0.25) is 0 Å². The largest absolute Gasteiger partial charge is 0.375 e. The second-order valence-corrected chi connectivity index (χ2v) is 3.91. The molecule has 0 aliphatic carbocycles. The fraction of sp³-hybridized carbons (Fsp3) is 0.727. The van der Waals surface area contributed by atoms with E-state index in [-0.39, 0.29) is 24.1 Å². The van der Waals surface area contributed by atoms with Crippen molar-refractivity contribution in [2.75, 3.05) is 6.61 Å². The third-order valence-electron chi connectivity index (χ3n) is 2.86. The quantitative estimate of drug-likeness (QED) is 0.627. The molecule has 0 aromatic heterocycles. The molecule has 0 amide bonds. The monoisotopic (exact) mass is 196 g/mol. The van der Waals surface area contributed by atoms with Crippen LogP contribution in [0.15, 0.2) is 12.7 Å². The van der Waals surface area contributed by atoms with Gasteiger partial charge in [-0.3, -0.25) is 4.79 Å². The summed E-state index contributed by atoms with van der Waals surface area (Å²) >= 11 is 0. The average molecular weight is 196 g/mol. The van der Waals surface area contributed by atoms with Gasteiger partial charge in [0.05, 0.1) is 12.2 Å². The zero-order valence-corrected chi connectivity index (χ0v) is 8.28. The van der Waals surface area contributed by atoms with Gasteiger partial charge in [0, 0.05) is 13.0 Å². The summed E-state index contributed by atoms with van der Waals surface area (Å²) in [7, 11) is 0. The molecule has 14 heavy (non-hydrogen) atoms. The third kappa shape index (κ3) is 1.88. The Morgan fingerprint density at radius 1 is 1.50 bits per heavy atom. The van der Waals surface area contributed by atoms with Crippen molar-refractivity contribution in [1.29, 1.82) is 0 Å². The van der Waals surface area contributed by atoms with Crippen LogP contribution < -0.4 is 0 Å². The van der Waals surface area contributed by atoms with Crippen LogP contribution in [0.2, 0.25) is 0 Å². The number of Topliss-reactive ketones (excluding diaryl/α,β-unsaturated/α-hetero) is 1. The van der Waals surface area contributed by atoms with E-state index in [1.165, 1.54) is 0 Å². The Morgan fingerprint density at radius 3 is 3.14 bits per heavy atom. The van der Waals surface area contributed by atoms with E-state index in [0.29, 0.717) is 12.8 Å². The van der Waals surface area contributed by atoms with Crippen LogP contribution in [0.1, 0.15) is 25.7 Å². The first-order valence-corrected chi connectivity index (χ1v) is 5.22. The van der Waals surface area contributed by atoms with Gasteiger partial charge < -0.3 is 9.47 Å². The molecule has 2 saturated heterocycles. The standard InChI is InChI=1S/C11H16O3/c1-2-4-9-8(12)7-11-10(14-9)5-3-6-13-11/h2,9-11H,1,3-7H2/t9-,10+,11-/m1/s1. The first-order valence-electron chi connectivity index (χ1n) is 5.22. The van der Waals surface area contributed by atoms with Crippen LogP contribution >= 0.6 is 0 Å². The smallest absolute Gasteiger partial charge is 0.164 e. The first-order chi connectivity index (χ1) is 6.81. The molecule has 0 aromatic carbocycles. The van der Waals surface area contributed by atoms with Crippen molar-refractivity contribution in [1.82, 2.24) is 0 Å². The van der Waals surface area contributed by atoms with Crippen molar-refractivity contribution in [3.8, 4) is 0 Å². The summed E-state index contributed by atoms with van der Waals surface area (Å²) in [5.74, 6) is 0.160. The van der Waals surface area contributed by atoms with Gasteiger partial charge in [0.1, 0.15) is 6.10 Å². The summed E-state index contributed by atoms with van der Waals surface area (Å²) in [5.41, 5.74) is 0. The second-order valence-electron chi connectivity index (χ2n) is 3.91. The molecule has 0 aromatic rings. The maximum atomic E-state index is 11.6. The Hall–Kier alpha value is -0.670. The highest BCUT2D eigenvalue weighted by atomic mass is 16.6. The van der Waals surface area contributed by atoms with Gasteiger partial charge >= 0.3 is 0 Å². The minimum absolute atomic E-state index is 0.0114. The number of carbonyl (C=O) groups is 1. The van der Waals surface area contributed by atoms with Gasteiger partial charge in [-0.25, -0.2) is 0 Å². The zero-order valence-electron chi connectivity index (χ0n) is 8.28. The molecule has 0 bridgehead atoms. The van der Waals surface area contributed by atoms with Crippen LogP contribution in [0.4, 0.5) is 0 Å². The summed E-state index contributed by atoms with van der Waals surface area (Å²) in [5, 5.41) is 0. The lowest BCUT2D eigenvalue weighted by Crippen LogP contribution is -2.47. The maximum absolute atomic E-state index is 11.6.